The van der Waals surface area contributed by atoms with Gasteiger partial charge in [0.25, 0.3) is 0 Å². The quantitative estimate of drug-likeness (QED) is 0.687. The summed E-state index contributed by atoms with van der Waals surface area (Å²) < 4.78 is 13.6. The molecule has 0 aromatic heterocycles. The van der Waals surface area contributed by atoms with Gasteiger partial charge in [0.05, 0.1) is 0 Å². The number of benzene rings is 1. The lowest BCUT2D eigenvalue weighted by Crippen LogP contribution is -2.32. The van der Waals surface area contributed by atoms with Crippen LogP contribution < -0.4 is 5.32 Å². The molecule has 3 atom stereocenters. The van der Waals surface area contributed by atoms with E-state index >= 15 is 0 Å². The third kappa shape index (κ3) is 4.81. The lowest BCUT2D eigenvalue weighted by Gasteiger charge is -2.37. The molecule has 21 heavy (non-hydrogen) atoms. The predicted octanol–water partition coefficient (Wildman–Crippen LogP) is 5.13. The van der Waals surface area contributed by atoms with Crippen LogP contribution in [0.1, 0.15) is 63.9 Å². The van der Waals surface area contributed by atoms with Gasteiger partial charge in [-0.2, -0.15) is 0 Å². The van der Waals surface area contributed by atoms with E-state index in [4.69, 9.17) is 0 Å². The van der Waals surface area contributed by atoms with Crippen molar-refractivity contribution in [3.63, 3.8) is 0 Å². The van der Waals surface area contributed by atoms with Crippen LogP contribution in [0.5, 0.6) is 0 Å². The first-order valence-electron chi connectivity index (χ1n) is 8.70. The van der Waals surface area contributed by atoms with Gasteiger partial charge in [0.2, 0.25) is 0 Å². The maximum Gasteiger partial charge on any atom is 0.123 e. The summed E-state index contributed by atoms with van der Waals surface area (Å²) in [5, 5.41) is 3.57. The van der Waals surface area contributed by atoms with E-state index in [1.54, 1.807) is 12.1 Å². The molecule has 1 aliphatic carbocycles. The van der Waals surface area contributed by atoms with Crippen LogP contribution in [0.4, 0.5) is 4.39 Å². The average Bonchev–Trinajstić information content (AvgIpc) is 2.49. The Morgan fingerprint density at radius 3 is 2.76 bits per heavy atom. The monoisotopic (exact) mass is 291 g/mol. The van der Waals surface area contributed by atoms with Gasteiger partial charge in [-0.05, 0) is 67.8 Å². The van der Waals surface area contributed by atoms with Crippen LogP contribution in [-0.2, 0) is 0 Å². The maximum atomic E-state index is 13.6. The number of hydrogen-bond donors (Lipinski definition) is 1. The molecular weight excluding hydrogens is 261 g/mol. The minimum atomic E-state index is -0.0922. The summed E-state index contributed by atoms with van der Waals surface area (Å²) in [5.74, 6) is 1.91. The molecule has 0 aliphatic heterocycles. The second-order valence-corrected chi connectivity index (χ2v) is 6.59. The summed E-state index contributed by atoms with van der Waals surface area (Å²) in [5.41, 5.74) is 1.21. The smallest absolute Gasteiger partial charge is 0.123 e. The molecule has 2 rings (SSSR count). The molecule has 1 N–H and O–H groups in total. The second-order valence-electron chi connectivity index (χ2n) is 6.59. The van der Waals surface area contributed by atoms with Crippen molar-refractivity contribution in [3.8, 4) is 0 Å². The Labute approximate surface area is 129 Å². The summed E-state index contributed by atoms with van der Waals surface area (Å²) in [4.78, 5) is 0. The molecule has 0 spiro atoms. The Balaban J connectivity index is 2.08. The molecule has 0 radical (unpaired) electrons. The molecule has 3 unspecified atom stereocenters. The van der Waals surface area contributed by atoms with Crippen molar-refractivity contribution in [1.29, 1.82) is 0 Å². The molecule has 2 heteroatoms. The van der Waals surface area contributed by atoms with Crippen molar-refractivity contribution in [2.45, 2.75) is 58.3 Å². The highest BCUT2D eigenvalue weighted by atomic mass is 19.1. The highest BCUT2D eigenvalue weighted by Crippen LogP contribution is 2.42. The number of rotatable bonds is 7. The average molecular weight is 291 g/mol. The summed E-state index contributed by atoms with van der Waals surface area (Å²) in [6.45, 7) is 6.64. The Morgan fingerprint density at radius 1 is 1.19 bits per heavy atom. The second kappa shape index (κ2) is 8.53. The molecule has 1 aliphatic rings. The summed E-state index contributed by atoms with van der Waals surface area (Å²) >= 11 is 0. The molecule has 1 fully saturated rings. The van der Waals surface area contributed by atoms with Crippen molar-refractivity contribution < 1.29 is 4.39 Å². The lowest BCUT2D eigenvalue weighted by molar-refractivity contribution is 0.220. The van der Waals surface area contributed by atoms with E-state index in [0.717, 1.165) is 19.0 Å². The van der Waals surface area contributed by atoms with E-state index in [1.807, 2.05) is 6.07 Å². The Hall–Kier alpha value is -0.890. The first-order chi connectivity index (χ1) is 10.2. The van der Waals surface area contributed by atoms with Crippen LogP contribution >= 0.6 is 0 Å². The van der Waals surface area contributed by atoms with E-state index in [0.29, 0.717) is 11.8 Å². The molecule has 0 bridgehead atoms. The van der Waals surface area contributed by atoms with Gasteiger partial charge in [0, 0.05) is 0 Å². The number of nitrogens with one attached hydrogen (secondary N) is 1. The van der Waals surface area contributed by atoms with Crippen molar-refractivity contribution in [1.82, 2.24) is 5.32 Å². The van der Waals surface area contributed by atoms with Gasteiger partial charge in [0.15, 0.2) is 0 Å². The topological polar surface area (TPSA) is 12.0 Å². The molecule has 1 aromatic rings. The Morgan fingerprint density at radius 2 is 2.05 bits per heavy atom. The van der Waals surface area contributed by atoms with Gasteiger partial charge in [0.1, 0.15) is 5.82 Å². The predicted molar refractivity (Wildman–Crippen MR) is 88.0 cm³/mol. The van der Waals surface area contributed by atoms with Crippen molar-refractivity contribution >= 4 is 0 Å². The van der Waals surface area contributed by atoms with Crippen LogP contribution in [0.15, 0.2) is 24.3 Å². The Kier molecular flexibility index (Phi) is 6.69. The molecule has 0 amide bonds. The molecule has 1 nitrogen and oxygen atoms in total. The minimum Gasteiger partial charge on any atom is -0.316 e. The third-order valence-electron chi connectivity index (χ3n) is 4.91. The molecular formula is C19H30FN. The standard InChI is InChI=1S/C19H30FN/c1-3-6-15-9-10-17(14-21-11-4-2)19(12-15)16-7-5-8-18(20)13-16/h5,7-8,13,15,17,19,21H,3-4,6,9-12,14H2,1-2H3. The van der Waals surface area contributed by atoms with E-state index in [1.165, 1.54) is 44.1 Å². The van der Waals surface area contributed by atoms with Gasteiger partial charge in [-0.15, -0.1) is 0 Å². The molecule has 1 aromatic carbocycles. The third-order valence-corrected chi connectivity index (χ3v) is 4.91. The van der Waals surface area contributed by atoms with E-state index in [9.17, 15) is 4.39 Å². The van der Waals surface area contributed by atoms with Crippen molar-refractivity contribution in [3.05, 3.63) is 35.6 Å². The summed E-state index contributed by atoms with van der Waals surface area (Å²) in [7, 11) is 0. The van der Waals surface area contributed by atoms with Gasteiger partial charge >= 0.3 is 0 Å². The molecule has 118 valence electrons. The first-order valence-corrected chi connectivity index (χ1v) is 8.70. The fraction of sp³-hybridized carbons (Fsp3) is 0.684. The molecule has 0 saturated heterocycles. The highest BCUT2D eigenvalue weighted by Gasteiger charge is 2.31. The zero-order valence-electron chi connectivity index (χ0n) is 13.6. The number of halogens is 1. The molecule has 0 heterocycles. The lowest BCUT2D eigenvalue weighted by atomic mass is 9.70. The zero-order valence-corrected chi connectivity index (χ0v) is 13.6. The first kappa shape index (κ1) is 16.5. The van der Waals surface area contributed by atoms with Crippen molar-refractivity contribution in [2.24, 2.45) is 11.8 Å². The van der Waals surface area contributed by atoms with Gasteiger partial charge < -0.3 is 5.32 Å². The SMILES string of the molecule is CCCNCC1CCC(CCC)CC1c1cccc(F)c1. The van der Waals surface area contributed by atoms with Gasteiger partial charge in [-0.1, -0.05) is 45.2 Å². The van der Waals surface area contributed by atoms with Crippen LogP contribution in [-0.4, -0.2) is 13.1 Å². The van der Waals surface area contributed by atoms with Crippen LogP contribution in [0.2, 0.25) is 0 Å². The Bertz CT molecular complexity index is 418. The zero-order chi connectivity index (χ0) is 15.1. The minimum absolute atomic E-state index is 0.0922. The number of hydrogen-bond acceptors (Lipinski definition) is 1. The van der Waals surface area contributed by atoms with Crippen molar-refractivity contribution in [2.75, 3.05) is 13.1 Å². The van der Waals surface area contributed by atoms with Crippen LogP contribution in [0, 0.1) is 17.7 Å². The van der Waals surface area contributed by atoms with E-state index in [-0.39, 0.29) is 5.82 Å². The fourth-order valence-corrected chi connectivity index (χ4v) is 3.84. The summed E-state index contributed by atoms with van der Waals surface area (Å²) in [6.07, 6.45) is 7.62. The van der Waals surface area contributed by atoms with Gasteiger partial charge in [-0.3, -0.25) is 0 Å². The van der Waals surface area contributed by atoms with E-state index in [2.05, 4.69) is 25.2 Å². The fourth-order valence-electron chi connectivity index (χ4n) is 3.84. The van der Waals surface area contributed by atoms with Gasteiger partial charge in [-0.25, -0.2) is 4.39 Å². The van der Waals surface area contributed by atoms with Crippen LogP contribution in [0.3, 0.4) is 0 Å². The van der Waals surface area contributed by atoms with E-state index < -0.39 is 0 Å². The summed E-state index contributed by atoms with van der Waals surface area (Å²) in [6, 6.07) is 7.30. The van der Waals surface area contributed by atoms with Crippen LogP contribution in [0.25, 0.3) is 0 Å². The highest BCUT2D eigenvalue weighted by molar-refractivity contribution is 5.22. The maximum absolute atomic E-state index is 13.6. The largest absolute Gasteiger partial charge is 0.316 e. The molecule has 1 saturated carbocycles. The normalized spacial score (nSPS) is 26.0.